The van der Waals surface area contributed by atoms with Crippen molar-refractivity contribution in [1.82, 2.24) is 15.1 Å². The summed E-state index contributed by atoms with van der Waals surface area (Å²) in [5.74, 6) is 0.166. The van der Waals surface area contributed by atoms with Gasteiger partial charge in [-0.25, -0.2) is 4.79 Å². The Bertz CT molecular complexity index is 1300. The zero-order chi connectivity index (χ0) is 23.8. The average Bonchev–Trinajstić information content (AvgIpc) is 3.36. The highest BCUT2D eigenvalue weighted by atomic mass is 16.6. The Labute approximate surface area is 195 Å². The third-order valence-electron chi connectivity index (χ3n) is 4.66. The van der Waals surface area contributed by atoms with E-state index in [4.69, 9.17) is 14.0 Å². The molecule has 0 aliphatic rings. The number of carbonyl (C=O) groups excluding carboxylic acids is 2. The highest BCUT2D eigenvalue weighted by Crippen LogP contribution is 2.19. The number of benzene rings is 2. The van der Waals surface area contributed by atoms with Gasteiger partial charge in [-0.3, -0.25) is 9.78 Å². The number of pyridine rings is 1. The number of rotatable bonds is 8. The van der Waals surface area contributed by atoms with Gasteiger partial charge in [0.05, 0.1) is 18.4 Å². The zero-order valence-electron chi connectivity index (χ0n) is 18.2. The van der Waals surface area contributed by atoms with E-state index in [-0.39, 0.29) is 18.1 Å². The second-order valence-corrected chi connectivity index (χ2v) is 6.97. The van der Waals surface area contributed by atoms with Crippen LogP contribution >= 0.6 is 0 Å². The number of carbonyl (C=O) groups is 2. The second-order valence-electron chi connectivity index (χ2n) is 6.97. The summed E-state index contributed by atoms with van der Waals surface area (Å²) in [6, 6.07) is 17.3. The predicted molar refractivity (Wildman–Crippen MR) is 124 cm³/mol. The molecular formula is C25H20N4O5. The molecule has 0 atom stereocenters. The number of nitrogens with one attached hydrogen (secondary N) is 1. The first kappa shape index (κ1) is 22.4. The molecule has 0 saturated carbocycles. The predicted octanol–water partition coefficient (Wildman–Crippen LogP) is 4.15. The molecule has 9 heteroatoms. The van der Waals surface area contributed by atoms with E-state index in [0.717, 1.165) is 11.3 Å². The largest absolute Gasteiger partial charge is 0.497 e. The number of hydrogen-bond acceptors (Lipinski definition) is 8. The number of hydrogen-bond donors (Lipinski definition) is 1. The minimum Gasteiger partial charge on any atom is -0.497 e. The first-order valence-corrected chi connectivity index (χ1v) is 10.2. The summed E-state index contributed by atoms with van der Waals surface area (Å²) in [6.45, 7) is -0.217. The Balaban J connectivity index is 1.37. The summed E-state index contributed by atoms with van der Waals surface area (Å²) in [5, 5.41) is 6.56. The van der Waals surface area contributed by atoms with Gasteiger partial charge >= 0.3 is 5.97 Å². The van der Waals surface area contributed by atoms with Gasteiger partial charge in [-0.05, 0) is 48.0 Å². The average molecular weight is 456 g/mol. The number of methoxy groups -OCH3 is 1. The van der Waals surface area contributed by atoms with Crippen LogP contribution in [0.1, 0.15) is 21.8 Å². The molecule has 1 N–H and O–H groups in total. The maximum Gasteiger partial charge on any atom is 0.340 e. The number of amides is 1. The number of nitrogens with zero attached hydrogens (tertiary/aromatic N) is 3. The minimum atomic E-state index is -0.642. The molecule has 0 unspecified atom stereocenters. The van der Waals surface area contributed by atoms with Gasteiger partial charge in [-0.2, -0.15) is 4.98 Å². The van der Waals surface area contributed by atoms with Gasteiger partial charge in [0, 0.05) is 24.0 Å². The number of para-hydroxylation sites is 1. The molecule has 0 radical (unpaired) electrons. The number of esters is 1. The molecule has 2 heterocycles. The molecular weight excluding hydrogens is 436 g/mol. The molecule has 1 amide bonds. The second kappa shape index (κ2) is 10.7. The van der Waals surface area contributed by atoms with Crippen molar-refractivity contribution in [2.45, 2.75) is 6.61 Å². The van der Waals surface area contributed by atoms with E-state index in [1.807, 2.05) is 12.1 Å². The lowest BCUT2D eigenvalue weighted by molar-refractivity contribution is -0.111. The van der Waals surface area contributed by atoms with Gasteiger partial charge in [0.15, 0.2) is 6.61 Å². The topological polar surface area (TPSA) is 116 Å². The molecule has 4 aromatic rings. The van der Waals surface area contributed by atoms with Crippen LogP contribution in [-0.2, 0) is 16.1 Å². The van der Waals surface area contributed by atoms with Crippen molar-refractivity contribution in [3.05, 3.63) is 96.2 Å². The van der Waals surface area contributed by atoms with Crippen molar-refractivity contribution < 1.29 is 23.6 Å². The summed E-state index contributed by atoms with van der Waals surface area (Å²) in [6.07, 6.45) is 6.27. The fourth-order valence-corrected chi connectivity index (χ4v) is 2.96. The Morgan fingerprint density at radius 2 is 1.88 bits per heavy atom. The van der Waals surface area contributed by atoms with Crippen LogP contribution in [-0.4, -0.2) is 34.1 Å². The Hall–Kier alpha value is -4.79. The van der Waals surface area contributed by atoms with Crippen LogP contribution in [0.15, 0.2) is 83.7 Å². The molecule has 170 valence electrons. The molecule has 0 aliphatic carbocycles. The Morgan fingerprint density at radius 1 is 1.06 bits per heavy atom. The molecule has 0 fully saturated rings. The summed E-state index contributed by atoms with van der Waals surface area (Å²) >= 11 is 0. The van der Waals surface area contributed by atoms with Crippen LogP contribution in [0, 0.1) is 0 Å². The monoisotopic (exact) mass is 456 g/mol. The molecule has 2 aromatic carbocycles. The maximum atomic E-state index is 12.6. The first-order chi connectivity index (χ1) is 16.6. The fraction of sp³-hybridized carbons (Fsp3) is 0.0800. The molecule has 4 rings (SSSR count). The lowest BCUT2D eigenvalue weighted by atomic mass is 10.1. The summed E-state index contributed by atoms with van der Waals surface area (Å²) < 4.78 is 15.6. The van der Waals surface area contributed by atoms with E-state index in [2.05, 4.69) is 20.4 Å². The maximum absolute atomic E-state index is 12.6. The Morgan fingerprint density at radius 3 is 2.65 bits per heavy atom. The Kier molecular flexibility index (Phi) is 7.04. The fourth-order valence-electron chi connectivity index (χ4n) is 2.96. The van der Waals surface area contributed by atoms with Gasteiger partial charge < -0.3 is 19.3 Å². The van der Waals surface area contributed by atoms with E-state index < -0.39 is 11.9 Å². The van der Waals surface area contributed by atoms with E-state index in [0.29, 0.717) is 17.1 Å². The van der Waals surface area contributed by atoms with Crippen LogP contribution in [0.2, 0.25) is 0 Å². The molecule has 9 nitrogen and oxygen atoms in total. The van der Waals surface area contributed by atoms with Gasteiger partial charge in [-0.15, -0.1) is 0 Å². The molecule has 0 spiro atoms. The summed E-state index contributed by atoms with van der Waals surface area (Å²) in [5.41, 5.74) is 2.02. The minimum absolute atomic E-state index is 0.135. The highest BCUT2D eigenvalue weighted by Gasteiger charge is 2.16. The lowest BCUT2D eigenvalue weighted by Crippen LogP contribution is -2.13. The number of aromatic nitrogens is 3. The van der Waals surface area contributed by atoms with Gasteiger partial charge in [0.1, 0.15) is 5.75 Å². The van der Waals surface area contributed by atoms with Crippen molar-refractivity contribution in [1.29, 1.82) is 0 Å². The van der Waals surface area contributed by atoms with Crippen molar-refractivity contribution in [2.75, 3.05) is 12.4 Å². The summed E-state index contributed by atoms with van der Waals surface area (Å²) in [7, 11) is 1.59. The van der Waals surface area contributed by atoms with E-state index in [9.17, 15) is 9.59 Å². The quantitative estimate of drug-likeness (QED) is 0.310. The van der Waals surface area contributed by atoms with Crippen LogP contribution in [0.5, 0.6) is 5.75 Å². The van der Waals surface area contributed by atoms with E-state index >= 15 is 0 Å². The molecule has 0 aliphatic heterocycles. The molecule has 0 bridgehead atoms. The van der Waals surface area contributed by atoms with E-state index in [1.54, 1.807) is 74.1 Å². The normalized spacial score (nSPS) is 10.7. The highest BCUT2D eigenvalue weighted by molar-refractivity contribution is 6.06. The SMILES string of the molecule is COc1ccc(/C=C/C(=O)Nc2ccccc2C(=O)OCc2nc(-c3cccnc3)no2)cc1. The van der Waals surface area contributed by atoms with Gasteiger partial charge in [0.25, 0.3) is 5.89 Å². The van der Waals surface area contributed by atoms with Crippen LogP contribution < -0.4 is 10.1 Å². The lowest BCUT2D eigenvalue weighted by Gasteiger charge is -2.09. The van der Waals surface area contributed by atoms with Gasteiger partial charge in [-0.1, -0.05) is 29.4 Å². The molecule has 2 aromatic heterocycles. The smallest absolute Gasteiger partial charge is 0.340 e. The van der Waals surface area contributed by atoms with Crippen LogP contribution in [0.4, 0.5) is 5.69 Å². The van der Waals surface area contributed by atoms with Crippen molar-refractivity contribution in [3.63, 3.8) is 0 Å². The third-order valence-corrected chi connectivity index (χ3v) is 4.66. The third kappa shape index (κ3) is 5.71. The molecule has 0 saturated heterocycles. The zero-order valence-corrected chi connectivity index (χ0v) is 18.2. The standard InChI is InChI=1S/C25H20N4O5/c1-32-19-11-8-17(9-12-19)10-13-22(30)27-21-7-3-2-6-20(21)25(31)33-16-23-28-24(29-34-23)18-5-4-14-26-15-18/h2-15H,16H2,1H3,(H,27,30)/b13-10+. The first-order valence-electron chi connectivity index (χ1n) is 10.2. The van der Waals surface area contributed by atoms with Gasteiger partial charge in [0.2, 0.25) is 11.7 Å². The van der Waals surface area contributed by atoms with Crippen molar-refractivity contribution in [3.8, 4) is 17.1 Å². The number of ether oxygens (including phenoxy) is 2. The van der Waals surface area contributed by atoms with Crippen molar-refractivity contribution >= 4 is 23.6 Å². The molecule has 34 heavy (non-hydrogen) atoms. The van der Waals surface area contributed by atoms with Crippen molar-refractivity contribution in [2.24, 2.45) is 0 Å². The summed E-state index contributed by atoms with van der Waals surface area (Å²) in [4.78, 5) is 33.2. The number of anilines is 1. The van der Waals surface area contributed by atoms with E-state index in [1.165, 1.54) is 6.08 Å². The van der Waals surface area contributed by atoms with Crippen LogP contribution in [0.3, 0.4) is 0 Å². The van der Waals surface area contributed by atoms with Crippen LogP contribution in [0.25, 0.3) is 17.5 Å².